The Kier molecular flexibility index (Phi) is 6.91. The molecule has 1 saturated heterocycles. The van der Waals surface area contributed by atoms with Gasteiger partial charge in [-0.3, -0.25) is 14.4 Å². The molecule has 5 rings (SSSR count). The third-order valence-electron chi connectivity index (χ3n) is 6.45. The molecule has 2 heterocycles. The minimum Gasteiger partial charge on any atom is -0.372 e. The van der Waals surface area contributed by atoms with Gasteiger partial charge in [0.2, 0.25) is 0 Å². The molecule has 0 bridgehead atoms. The van der Waals surface area contributed by atoms with Gasteiger partial charge in [0.1, 0.15) is 10.7 Å². The lowest BCUT2D eigenvalue weighted by molar-refractivity contribution is -0.120. The fourth-order valence-electron chi connectivity index (χ4n) is 4.44. The second kappa shape index (κ2) is 10.3. The number of benzene rings is 3. The molecule has 188 valence electrons. The van der Waals surface area contributed by atoms with Gasteiger partial charge in [-0.05, 0) is 86.0 Å². The van der Waals surface area contributed by atoms with Crippen LogP contribution in [0.3, 0.4) is 0 Å². The lowest BCUT2D eigenvalue weighted by atomic mass is 10.1. The zero-order chi connectivity index (χ0) is 26.1. The molecule has 3 aromatic rings. The predicted octanol–water partition coefficient (Wildman–Crippen LogP) is 5.94. The van der Waals surface area contributed by atoms with Crippen LogP contribution in [-0.4, -0.2) is 30.8 Å². The molecule has 7 nitrogen and oxygen atoms in total. The summed E-state index contributed by atoms with van der Waals surface area (Å²) in [5.41, 5.74) is 3.85. The number of aryl methyl sites for hydroxylation is 1. The number of halogens is 2. The molecular formula is C28H24Cl2N4O3. The molecule has 3 aromatic carbocycles. The second-order valence-corrected chi connectivity index (χ2v) is 9.78. The predicted molar refractivity (Wildman–Crippen MR) is 147 cm³/mol. The highest BCUT2D eigenvalue weighted by Gasteiger charge is 2.39. The summed E-state index contributed by atoms with van der Waals surface area (Å²) in [6.45, 7) is 3.90. The quantitative estimate of drug-likeness (QED) is 0.382. The number of rotatable bonds is 6. The Hall–Kier alpha value is -3.81. The Morgan fingerprint density at radius 2 is 1.49 bits per heavy atom. The molecule has 0 aliphatic carbocycles. The Balaban J connectivity index is 1.25. The van der Waals surface area contributed by atoms with Crippen LogP contribution in [0.15, 0.2) is 77.5 Å². The van der Waals surface area contributed by atoms with E-state index in [4.69, 9.17) is 23.2 Å². The van der Waals surface area contributed by atoms with Gasteiger partial charge in [0.05, 0.1) is 5.69 Å². The summed E-state index contributed by atoms with van der Waals surface area (Å²) < 4.78 is 0. The number of imide groups is 1. The zero-order valence-corrected chi connectivity index (χ0v) is 21.6. The second-order valence-electron chi connectivity index (χ2n) is 8.96. The van der Waals surface area contributed by atoms with Crippen molar-refractivity contribution in [3.05, 3.63) is 93.6 Å². The molecule has 2 N–H and O–H groups in total. The Bertz CT molecular complexity index is 1410. The minimum atomic E-state index is -0.633. The van der Waals surface area contributed by atoms with Gasteiger partial charge >= 0.3 is 0 Å². The molecule has 37 heavy (non-hydrogen) atoms. The molecule has 3 amide bonds. The highest BCUT2D eigenvalue weighted by atomic mass is 35.5. The number of amides is 3. The molecule has 0 unspecified atom stereocenters. The van der Waals surface area contributed by atoms with Gasteiger partial charge in [0.15, 0.2) is 0 Å². The van der Waals surface area contributed by atoms with Crippen LogP contribution in [0.4, 0.5) is 22.7 Å². The molecule has 1 fully saturated rings. The molecule has 0 atom stereocenters. The van der Waals surface area contributed by atoms with Crippen molar-refractivity contribution in [2.45, 2.75) is 19.8 Å². The third kappa shape index (κ3) is 5.05. The van der Waals surface area contributed by atoms with Crippen molar-refractivity contribution in [3.8, 4) is 0 Å². The van der Waals surface area contributed by atoms with Crippen LogP contribution in [0, 0.1) is 6.92 Å². The van der Waals surface area contributed by atoms with E-state index in [0.29, 0.717) is 33.2 Å². The van der Waals surface area contributed by atoms with Gasteiger partial charge in [0, 0.05) is 40.7 Å². The maximum Gasteiger partial charge on any atom is 0.283 e. The van der Waals surface area contributed by atoms with Crippen molar-refractivity contribution in [2.75, 3.05) is 33.5 Å². The SMILES string of the molecule is Cc1ccc(Cl)cc1N1C(=O)C(Cl)=C(Nc2ccc(C(=O)Nc3ccc(N4CCCC4)cc3)cc2)C1=O. The Morgan fingerprint density at radius 3 is 2.16 bits per heavy atom. The van der Waals surface area contributed by atoms with Crippen molar-refractivity contribution in [3.63, 3.8) is 0 Å². The van der Waals surface area contributed by atoms with Crippen LogP contribution in [0.2, 0.25) is 5.02 Å². The number of nitrogens with one attached hydrogen (secondary N) is 2. The van der Waals surface area contributed by atoms with E-state index in [2.05, 4.69) is 15.5 Å². The van der Waals surface area contributed by atoms with Crippen molar-refractivity contribution in [2.24, 2.45) is 0 Å². The summed E-state index contributed by atoms with van der Waals surface area (Å²) in [5, 5.41) is 6.00. The fraction of sp³-hybridized carbons (Fsp3) is 0.179. The van der Waals surface area contributed by atoms with Crippen LogP contribution < -0.4 is 20.4 Å². The molecule has 0 spiro atoms. The van der Waals surface area contributed by atoms with E-state index < -0.39 is 11.8 Å². The fourth-order valence-corrected chi connectivity index (χ4v) is 4.82. The molecule has 0 saturated carbocycles. The van der Waals surface area contributed by atoms with Gasteiger partial charge in [-0.2, -0.15) is 0 Å². The lowest BCUT2D eigenvalue weighted by Crippen LogP contribution is -2.32. The number of anilines is 4. The highest BCUT2D eigenvalue weighted by Crippen LogP contribution is 2.33. The van der Waals surface area contributed by atoms with Gasteiger partial charge < -0.3 is 15.5 Å². The topological polar surface area (TPSA) is 81.8 Å². The Morgan fingerprint density at radius 1 is 0.838 bits per heavy atom. The maximum atomic E-state index is 13.1. The number of hydrogen-bond acceptors (Lipinski definition) is 5. The summed E-state index contributed by atoms with van der Waals surface area (Å²) in [4.78, 5) is 41.9. The standard InChI is InChI=1S/C28H24Cl2N4O3/c1-17-4-7-19(29)16-23(17)34-27(36)24(30)25(28(34)37)31-20-8-5-18(6-9-20)26(35)32-21-10-12-22(13-11-21)33-14-2-3-15-33/h4-13,16,31H,2-3,14-15H2,1H3,(H,32,35). The van der Waals surface area contributed by atoms with E-state index in [0.717, 1.165) is 23.7 Å². The van der Waals surface area contributed by atoms with E-state index >= 15 is 0 Å². The van der Waals surface area contributed by atoms with Crippen molar-refractivity contribution in [1.82, 2.24) is 0 Å². The average molecular weight is 535 g/mol. The molecule has 9 heteroatoms. The number of carbonyl (C=O) groups excluding carboxylic acids is 3. The number of carbonyl (C=O) groups is 3. The van der Waals surface area contributed by atoms with Crippen LogP contribution in [0.5, 0.6) is 0 Å². The van der Waals surface area contributed by atoms with Crippen molar-refractivity contribution >= 4 is 63.7 Å². The van der Waals surface area contributed by atoms with Gasteiger partial charge in [0.25, 0.3) is 17.7 Å². The van der Waals surface area contributed by atoms with Crippen molar-refractivity contribution in [1.29, 1.82) is 0 Å². The normalized spacial score (nSPS) is 15.5. The van der Waals surface area contributed by atoms with Gasteiger partial charge in [-0.15, -0.1) is 0 Å². The monoisotopic (exact) mass is 534 g/mol. The van der Waals surface area contributed by atoms with E-state index in [1.165, 1.54) is 12.8 Å². The van der Waals surface area contributed by atoms with Crippen molar-refractivity contribution < 1.29 is 14.4 Å². The molecule has 0 aromatic heterocycles. The summed E-state index contributed by atoms with van der Waals surface area (Å²) in [6, 6.07) is 19.3. The highest BCUT2D eigenvalue weighted by molar-refractivity contribution is 6.53. The molecule has 2 aliphatic heterocycles. The van der Waals surface area contributed by atoms with E-state index in [1.54, 1.807) is 49.4 Å². The van der Waals surface area contributed by atoms with Gasteiger partial charge in [-0.1, -0.05) is 29.3 Å². The first kappa shape index (κ1) is 24.9. The largest absolute Gasteiger partial charge is 0.372 e. The lowest BCUT2D eigenvalue weighted by Gasteiger charge is -2.18. The summed E-state index contributed by atoms with van der Waals surface area (Å²) in [6.07, 6.45) is 2.41. The first-order valence-electron chi connectivity index (χ1n) is 11.9. The van der Waals surface area contributed by atoms with Crippen LogP contribution in [0.1, 0.15) is 28.8 Å². The van der Waals surface area contributed by atoms with Crippen LogP contribution in [0.25, 0.3) is 0 Å². The smallest absolute Gasteiger partial charge is 0.283 e. The number of hydrogen-bond donors (Lipinski definition) is 2. The first-order chi connectivity index (χ1) is 17.8. The number of nitrogens with zero attached hydrogens (tertiary/aromatic N) is 2. The summed E-state index contributed by atoms with van der Waals surface area (Å²) in [7, 11) is 0. The van der Waals surface area contributed by atoms with Crippen LogP contribution >= 0.6 is 23.2 Å². The minimum absolute atomic E-state index is 0.0404. The summed E-state index contributed by atoms with van der Waals surface area (Å²) >= 11 is 12.3. The van der Waals surface area contributed by atoms with Gasteiger partial charge in [-0.25, -0.2) is 4.90 Å². The molecule has 2 aliphatic rings. The third-order valence-corrected chi connectivity index (χ3v) is 7.04. The molecular weight excluding hydrogens is 511 g/mol. The summed E-state index contributed by atoms with van der Waals surface area (Å²) in [5.74, 6) is -1.47. The Labute approximate surface area is 224 Å². The maximum absolute atomic E-state index is 13.1. The van der Waals surface area contributed by atoms with E-state index in [1.807, 2.05) is 24.3 Å². The molecule has 0 radical (unpaired) electrons. The first-order valence-corrected chi connectivity index (χ1v) is 12.7. The average Bonchev–Trinajstić information content (AvgIpc) is 3.50. The van der Waals surface area contributed by atoms with Crippen LogP contribution in [-0.2, 0) is 9.59 Å². The van der Waals surface area contributed by atoms with E-state index in [9.17, 15) is 14.4 Å². The zero-order valence-electron chi connectivity index (χ0n) is 20.1. The van der Waals surface area contributed by atoms with E-state index in [-0.39, 0.29) is 16.6 Å².